The quantitative estimate of drug-likeness (QED) is 0.700. The Morgan fingerprint density at radius 3 is 2.46 bits per heavy atom. The maximum absolute atomic E-state index is 12.6. The smallest absolute Gasteiger partial charge is 0.236 e. The van der Waals surface area contributed by atoms with E-state index in [1.54, 1.807) is 4.90 Å². The van der Waals surface area contributed by atoms with Crippen molar-refractivity contribution >= 4 is 21.8 Å². The van der Waals surface area contributed by atoms with E-state index in [1.807, 2.05) is 12.1 Å². The third-order valence-corrected chi connectivity index (χ3v) is 5.13. The van der Waals surface area contributed by atoms with Gasteiger partial charge in [-0.1, -0.05) is 28.1 Å². The van der Waals surface area contributed by atoms with E-state index in [4.69, 9.17) is 15.3 Å². The maximum Gasteiger partial charge on any atom is 0.236 e. The molecule has 1 amide bonds. The van der Waals surface area contributed by atoms with E-state index < -0.39 is 0 Å². The molecule has 1 aliphatic rings. The molecule has 0 saturated carbocycles. The maximum atomic E-state index is 12.6. The summed E-state index contributed by atoms with van der Waals surface area (Å²) in [6, 6.07) is 12.2. The average molecular weight is 419 g/mol. The fourth-order valence-corrected chi connectivity index (χ4v) is 3.56. The highest BCUT2D eigenvalue weighted by atomic mass is 79.9. The van der Waals surface area contributed by atoms with Crippen LogP contribution in [0.1, 0.15) is 31.2 Å². The van der Waals surface area contributed by atoms with E-state index in [9.17, 15) is 4.79 Å². The van der Waals surface area contributed by atoms with Crippen molar-refractivity contribution in [1.29, 1.82) is 10.5 Å². The lowest BCUT2D eigenvalue weighted by Crippen LogP contribution is -2.51. The number of nitrogens with zero attached hydrogens (tertiary/aromatic N) is 3. The minimum absolute atomic E-state index is 0.0867. The molecule has 0 atom stereocenters. The minimum Gasteiger partial charge on any atom is -0.381 e. The predicted octanol–water partition coefficient (Wildman–Crippen LogP) is 2.70. The zero-order valence-corrected chi connectivity index (χ0v) is 16.3. The monoisotopic (exact) mass is 418 g/mol. The standard InChI is InChI=1S/C19H23BrN4O2/c20-17-5-1-4-16(14-17)19(6-12-26-13-7-19)23-15-18(25)24(10-2-8-21)11-3-9-22/h1,4-5,14,23H,2-3,6-7,10-13,15H2. The Bertz CT molecular complexity index is 672. The number of rotatable bonds is 8. The highest BCUT2D eigenvalue weighted by molar-refractivity contribution is 9.10. The zero-order valence-electron chi connectivity index (χ0n) is 14.7. The van der Waals surface area contributed by atoms with Gasteiger partial charge in [0.2, 0.25) is 5.91 Å². The molecule has 0 radical (unpaired) electrons. The molecule has 1 aliphatic heterocycles. The highest BCUT2D eigenvalue weighted by Crippen LogP contribution is 2.33. The number of benzene rings is 1. The van der Waals surface area contributed by atoms with Crippen molar-refractivity contribution in [3.05, 3.63) is 34.3 Å². The normalized spacial score (nSPS) is 15.7. The van der Waals surface area contributed by atoms with Crippen molar-refractivity contribution < 1.29 is 9.53 Å². The molecular formula is C19H23BrN4O2. The SMILES string of the molecule is N#CCCN(CCC#N)C(=O)CNC1(c2cccc(Br)c2)CCOCC1. The van der Waals surface area contributed by atoms with Crippen molar-refractivity contribution in [2.24, 2.45) is 0 Å². The number of carbonyl (C=O) groups is 1. The number of carbonyl (C=O) groups excluding carboxylic acids is 1. The summed E-state index contributed by atoms with van der Waals surface area (Å²) < 4.78 is 6.52. The molecule has 1 fully saturated rings. The number of nitriles is 2. The lowest BCUT2D eigenvalue weighted by Gasteiger charge is -2.39. The molecule has 1 N–H and O–H groups in total. The van der Waals surface area contributed by atoms with E-state index in [1.165, 1.54) is 0 Å². The Labute approximate surface area is 162 Å². The topological polar surface area (TPSA) is 89.2 Å². The molecule has 7 heteroatoms. The number of amides is 1. The molecule has 1 aromatic rings. The molecule has 1 saturated heterocycles. The second-order valence-electron chi connectivity index (χ2n) is 6.26. The first kappa shape index (κ1) is 20.4. The lowest BCUT2D eigenvalue weighted by molar-refractivity contribution is -0.130. The summed E-state index contributed by atoms with van der Waals surface area (Å²) in [7, 11) is 0. The molecule has 0 spiro atoms. The van der Waals surface area contributed by atoms with E-state index in [-0.39, 0.29) is 30.8 Å². The largest absolute Gasteiger partial charge is 0.381 e. The fourth-order valence-electron chi connectivity index (χ4n) is 3.16. The van der Waals surface area contributed by atoms with Crippen LogP contribution in [0.15, 0.2) is 28.7 Å². The van der Waals surface area contributed by atoms with Gasteiger partial charge in [0, 0.05) is 36.3 Å². The number of hydrogen-bond donors (Lipinski definition) is 1. The number of halogens is 1. The summed E-state index contributed by atoms with van der Waals surface area (Å²) >= 11 is 3.52. The molecule has 1 heterocycles. The van der Waals surface area contributed by atoms with Gasteiger partial charge in [-0.3, -0.25) is 10.1 Å². The second kappa shape index (κ2) is 10.3. The first-order valence-electron chi connectivity index (χ1n) is 8.72. The molecule has 0 aliphatic carbocycles. The Morgan fingerprint density at radius 2 is 1.88 bits per heavy atom. The van der Waals surface area contributed by atoms with E-state index in [0.29, 0.717) is 26.3 Å². The van der Waals surface area contributed by atoms with Crippen molar-refractivity contribution in [2.45, 2.75) is 31.2 Å². The van der Waals surface area contributed by atoms with Crippen LogP contribution in [-0.2, 0) is 15.1 Å². The van der Waals surface area contributed by atoms with Gasteiger partial charge < -0.3 is 9.64 Å². The zero-order chi connectivity index (χ0) is 18.8. The summed E-state index contributed by atoms with van der Waals surface area (Å²) in [4.78, 5) is 14.2. The second-order valence-corrected chi connectivity index (χ2v) is 7.17. The van der Waals surface area contributed by atoms with Gasteiger partial charge in [0.05, 0.1) is 31.5 Å². The van der Waals surface area contributed by atoms with Gasteiger partial charge in [-0.05, 0) is 30.5 Å². The molecule has 0 bridgehead atoms. The van der Waals surface area contributed by atoms with Gasteiger partial charge in [-0.15, -0.1) is 0 Å². The van der Waals surface area contributed by atoms with Gasteiger partial charge in [0.25, 0.3) is 0 Å². The molecule has 26 heavy (non-hydrogen) atoms. The van der Waals surface area contributed by atoms with Gasteiger partial charge in [-0.25, -0.2) is 0 Å². The summed E-state index contributed by atoms with van der Waals surface area (Å²) in [6.07, 6.45) is 2.10. The Kier molecular flexibility index (Phi) is 8.06. The van der Waals surface area contributed by atoms with E-state index in [0.717, 1.165) is 22.9 Å². The minimum atomic E-state index is -0.312. The van der Waals surface area contributed by atoms with Gasteiger partial charge >= 0.3 is 0 Å². The van der Waals surface area contributed by atoms with Gasteiger partial charge in [0.15, 0.2) is 0 Å². The summed E-state index contributed by atoms with van der Waals surface area (Å²) in [6.45, 7) is 2.15. The molecular weight excluding hydrogens is 396 g/mol. The summed E-state index contributed by atoms with van der Waals surface area (Å²) in [5.74, 6) is -0.0867. The van der Waals surface area contributed by atoms with Crippen LogP contribution in [0.2, 0.25) is 0 Å². The van der Waals surface area contributed by atoms with Crippen LogP contribution in [0.25, 0.3) is 0 Å². The molecule has 0 aromatic heterocycles. The van der Waals surface area contributed by atoms with Crippen molar-refractivity contribution in [3.8, 4) is 12.1 Å². The molecule has 2 rings (SSSR count). The molecule has 6 nitrogen and oxygen atoms in total. The molecule has 138 valence electrons. The number of hydrogen-bond acceptors (Lipinski definition) is 5. The van der Waals surface area contributed by atoms with Gasteiger partial charge in [-0.2, -0.15) is 10.5 Å². The van der Waals surface area contributed by atoms with Gasteiger partial charge in [0.1, 0.15) is 0 Å². The molecule has 0 unspecified atom stereocenters. The van der Waals surface area contributed by atoms with Crippen LogP contribution in [-0.4, -0.2) is 43.7 Å². The Balaban J connectivity index is 2.09. The lowest BCUT2D eigenvalue weighted by atomic mass is 9.82. The highest BCUT2D eigenvalue weighted by Gasteiger charge is 2.35. The Morgan fingerprint density at radius 1 is 1.23 bits per heavy atom. The Hall–Kier alpha value is -1.93. The van der Waals surface area contributed by atoms with Crippen LogP contribution in [0.4, 0.5) is 0 Å². The van der Waals surface area contributed by atoms with Crippen LogP contribution < -0.4 is 5.32 Å². The van der Waals surface area contributed by atoms with E-state index in [2.05, 4.69) is 45.5 Å². The van der Waals surface area contributed by atoms with Crippen molar-refractivity contribution in [2.75, 3.05) is 32.8 Å². The van der Waals surface area contributed by atoms with Crippen LogP contribution in [0.3, 0.4) is 0 Å². The van der Waals surface area contributed by atoms with Crippen molar-refractivity contribution in [3.63, 3.8) is 0 Å². The first-order chi connectivity index (χ1) is 12.6. The van der Waals surface area contributed by atoms with Crippen LogP contribution in [0, 0.1) is 22.7 Å². The average Bonchev–Trinajstić information content (AvgIpc) is 2.67. The van der Waals surface area contributed by atoms with Crippen LogP contribution in [0.5, 0.6) is 0 Å². The van der Waals surface area contributed by atoms with Crippen LogP contribution >= 0.6 is 15.9 Å². The first-order valence-corrected chi connectivity index (χ1v) is 9.51. The number of ether oxygens (including phenoxy) is 1. The van der Waals surface area contributed by atoms with Crippen molar-refractivity contribution in [1.82, 2.24) is 10.2 Å². The van der Waals surface area contributed by atoms with E-state index >= 15 is 0 Å². The predicted molar refractivity (Wildman–Crippen MR) is 101 cm³/mol. The number of nitrogens with one attached hydrogen (secondary N) is 1. The fraction of sp³-hybridized carbons (Fsp3) is 0.526. The molecule has 1 aromatic carbocycles. The third-order valence-electron chi connectivity index (χ3n) is 4.64. The summed E-state index contributed by atoms with van der Waals surface area (Å²) in [5.41, 5.74) is 0.817. The third kappa shape index (κ3) is 5.54. The summed E-state index contributed by atoms with van der Waals surface area (Å²) in [5, 5.41) is 21.0.